The van der Waals surface area contributed by atoms with Crippen LogP contribution in [-0.4, -0.2) is 83.6 Å². The van der Waals surface area contributed by atoms with E-state index in [0.29, 0.717) is 13.0 Å². The summed E-state index contributed by atoms with van der Waals surface area (Å²) < 4.78 is 0. The Bertz CT molecular complexity index is 549. The normalized spacial score (nSPS) is 26.6. The van der Waals surface area contributed by atoms with E-state index in [1.807, 2.05) is 11.0 Å². The van der Waals surface area contributed by atoms with Crippen LogP contribution in [0.25, 0.3) is 0 Å². The Morgan fingerprint density at radius 1 is 1.13 bits per heavy atom. The van der Waals surface area contributed by atoms with Crippen LogP contribution in [0.15, 0.2) is 6.07 Å². The maximum atomic E-state index is 10.3. The zero-order chi connectivity index (χ0) is 16.4. The first-order chi connectivity index (χ1) is 11.0. The van der Waals surface area contributed by atoms with Crippen LogP contribution >= 0.6 is 0 Å². The quantitative estimate of drug-likeness (QED) is 0.660. The first-order valence-corrected chi connectivity index (χ1v) is 8.15. The number of nitrogens with zero attached hydrogens (tertiary/aromatic N) is 5. The molecular weight excluding hydrogens is 296 g/mol. The summed E-state index contributed by atoms with van der Waals surface area (Å²) in [5.74, 6) is 1.80. The predicted molar refractivity (Wildman–Crippen MR) is 89.6 cm³/mol. The van der Waals surface area contributed by atoms with Gasteiger partial charge >= 0.3 is 0 Å². The summed E-state index contributed by atoms with van der Waals surface area (Å²) in [7, 11) is 2.11. The van der Waals surface area contributed by atoms with Gasteiger partial charge in [-0.15, -0.1) is 0 Å². The topological polar surface area (TPSA) is 102 Å². The van der Waals surface area contributed by atoms with Crippen LogP contribution in [-0.2, 0) is 0 Å². The summed E-state index contributed by atoms with van der Waals surface area (Å²) in [6, 6.07) is 1.94. The molecule has 0 aromatic carbocycles. The lowest BCUT2D eigenvalue weighted by Gasteiger charge is -2.39. The molecule has 3 rings (SSSR count). The highest BCUT2D eigenvalue weighted by atomic mass is 16.3. The lowest BCUT2D eigenvalue weighted by Crippen LogP contribution is -2.51. The minimum atomic E-state index is -1.06. The minimum Gasteiger partial charge on any atom is -0.393 e. The number of aromatic nitrogens is 2. The summed E-state index contributed by atoms with van der Waals surface area (Å²) in [5, 5.41) is 19.8. The Morgan fingerprint density at radius 3 is 2.43 bits per heavy atom. The second-order valence-corrected chi connectivity index (χ2v) is 6.64. The maximum absolute atomic E-state index is 10.3. The highest BCUT2D eigenvalue weighted by Crippen LogP contribution is 2.27. The molecule has 1 aromatic rings. The number of hydrogen-bond acceptors (Lipinski definition) is 8. The van der Waals surface area contributed by atoms with E-state index in [2.05, 4.69) is 26.8 Å². The van der Waals surface area contributed by atoms with Crippen molar-refractivity contribution in [3.8, 4) is 0 Å². The summed E-state index contributed by atoms with van der Waals surface area (Å²) in [6.45, 7) is 4.72. The summed E-state index contributed by atoms with van der Waals surface area (Å²) >= 11 is 0. The molecule has 0 amide bonds. The molecule has 8 heteroatoms. The molecule has 1 aromatic heterocycles. The average molecular weight is 322 g/mol. The van der Waals surface area contributed by atoms with Crippen molar-refractivity contribution in [2.45, 2.75) is 18.4 Å². The van der Waals surface area contributed by atoms with Crippen molar-refractivity contribution in [1.82, 2.24) is 14.9 Å². The first-order valence-electron chi connectivity index (χ1n) is 8.15. The van der Waals surface area contributed by atoms with Gasteiger partial charge in [0.15, 0.2) is 0 Å². The van der Waals surface area contributed by atoms with Gasteiger partial charge in [-0.2, -0.15) is 9.97 Å². The number of hydrogen-bond donors (Lipinski definition) is 3. The van der Waals surface area contributed by atoms with Crippen molar-refractivity contribution >= 4 is 17.6 Å². The van der Waals surface area contributed by atoms with Gasteiger partial charge in [0.05, 0.1) is 13.2 Å². The highest BCUT2D eigenvalue weighted by molar-refractivity contribution is 5.54. The molecule has 1 atom stereocenters. The fraction of sp³-hybridized carbons (Fsp3) is 0.733. The van der Waals surface area contributed by atoms with Crippen LogP contribution in [0, 0.1) is 0 Å². The fourth-order valence-electron chi connectivity index (χ4n) is 3.24. The Balaban J connectivity index is 1.80. The third-order valence-electron chi connectivity index (χ3n) is 4.72. The molecule has 2 saturated heterocycles. The number of nitrogens with two attached hydrogens (primary N) is 1. The number of anilines is 3. The van der Waals surface area contributed by atoms with Crippen molar-refractivity contribution in [2.75, 3.05) is 68.5 Å². The Kier molecular flexibility index (Phi) is 4.56. The van der Waals surface area contributed by atoms with Gasteiger partial charge in [-0.05, 0) is 19.9 Å². The molecule has 4 N–H and O–H groups in total. The zero-order valence-electron chi connectivity index (χ0n) is 13.6. The number of piperidine rings is 1. The molecule has 0 bridgehead atoms. The van der Waals surface area contributed by atoms with Crippen molar-refractivity contribution in [2.24, 2.45) is 0 Å². The molecule has 2 aliphatic rings. The highest BCUT2D eigenvalue weighted by Gasteiger charge is 2.33. The monoisotopic (exact) mass is 322 g/mol. The smallest absolute Gasteiger partial charge is 0.223 e. The predicted octanol–water partition coefficient (Wildman–Crippen LogP) is -0.866. The third-order valence-corrected chi connectivity index (χ3v) is 4.72. The van der Waals surface area contributed by atoms with Crippen LogP contribution in [0.4, 0.5) is 17.6 Å². The van der Waals surface area contributed by atoms with Gasteiger partial charge in [0.1, 0.15) is 17.2 Å². The molecule has 0 aliphatic carbocycles. The summed E-state index contributed by atoms with van der Waals surface area (Å²) in [5.41, 5.74) is 4.84. The SMILES string of the molecule is CN1CCN(c2cc(N3CCC[C@@](O)(CO)C3)nc(N)n2)CC1. The van der Waals surface area contributed by atoms with Crippen LogP contribution < -0.4 is 15.5 Å². The van der Waals surface area contributed by atoms with Crippen LogP contribution in [0.2, 0.25) is 0 Å². The Labute approximate surface area is 136 Å². The minimum absolute atomic E-state index is 0.241. The van der Waals surface area contributed by atoms with E-state index in [4.69, 9.17) is 5.73 Å². The number of piperazine rings is 1. The number of β-amino-alcohol motifs (C(OH)–C–C–N with tert-alkyl or cyclic N) is 1. The van der Waals surface area contributed by atoms with Gasteiger partial charge in [-0.25, -0.2) is 0 Å². The number of aliphatic hydroxyl groups is 2. The molecule has 0 radical (unpaired) electrons. The fourth-order valence-corrected chi connectivity index (χ4v) is 3.24. The summed E-state index contributed by atoms with van der Waals surface area (Å²) in [4.78, 5) is 15.2. The molecule has 0 unspecified atom stereocenters. The van der Waals surface area contributed by atoms with Gasteiger partial charge in [-0.1, -0.05) is 0 Å². The number of rotatable bonds is 3. The molecule has 3 heterocycles. The van der Waals surface area contributed by atoms with E-state index in [1.165, 1.54) is 0 Å². The second kappa shape index (κ2) is 6.46. The Morgan fingerprint density at radius 2 is 1.78 bits per heavy atom. The van der Waals surface area contributed by atoms with Gasteiger partial charge < -0.3 is 30.6 Å². The lowest BCUT2D eigenvalue weighted by atomic mass is 9.94. The maximum Gasteiger partial charge on any atom is 0.223 e. The van der Waals surface area contributed by atoms with E-state index in [1.54, 1.807) is 0 Å². The van der Waals surface area contributed by atoms with Crippen LogP contribution in [0.1, 0.15) is 12.8 Å². The lowest BCUT2D eigenvalue weighted by molar-refractivity contribution is -0.0242. The van der Waals surface area contributed by atoms with Crippen LogP contribution in [0.5, 0.6) is 0 Å². The molecule has 8 nitrogen and oxygen atoms in total. The Hall–Kier alpha value is -1.64. The molecular formula is C15H26N6O2. The van der Waals surface area contributed by atoms with Gasteiger partial charge in [0.25, 0.3) is 0 Å². The standard InChI is InChI=1S/C15H26N6O2/c1-19-5-7-20(8-6-19)12-9-13(18-14(16)17-12)21-4-2-3-15(23,10-21)11-22/h9,22-23H,2-8,10-11H2,1H3,(H2,16,17,18)/t15-/m0/s1. The number of nitrogen functional groups attached to an aromatic ring is 1. The van der Waals surface area contributed by atoms with E-state index in [-0.39, 0.29) is 12.6 Å². The average Bonchev–Trinajstić information content (AvgIpc) is 2.55. The van der Waals surface area contributed by atoms with E-state index in [9.17, 15) is 10.2 Å². The van der Waals surface area contributed by atoms with Crippen LogP contribution in [0.3, 0.4) is 0 Å². The van der Waals surface area contributed by atoms with Crippen molar-refractivity contribution in [1.29, 1.82) is 0 Å². The third kappa shape index (κ3) is 3.65. The van der Waals surface area contributed by atoms with Gasteiger partial charge in [0, 0.05) is 38.8 Å². The molecule has 0 saturated carbocycles. The van der Waals surface area contributed by atoms with E-state index < -0.39 is 5.60 Å². The summed E-state index contributed by atoms with van der Waals surface area (Å²) in [6.07, 6.45) is 1.41. The van der Waals surface area contributed by atoms with Crippen molar-refractivity contribution < 1.29 is 10.2 Å². The second-order valence-electron chi connectivity index (χ2n) is 6.64. The van der Waals surface area contributed by atoms with Crippen molar-refractivity contribution in [3.05, 3.63) is 6.07 Å². The molecule has 23 heavy (non-hydrogen) atoms. The van der Waals surface area contributed by atoms with E-state index in [0.717, 1.165) is 50.8 Å². The first kappa shape index (κ1) is 16.2. The number of likely N-dealkylation sites (N-methyl/N-ethyl adjacent to an activating group) is 1. The molecule has 128 valence electrons. The number of aliphatic hydroxyl groups excluding tert-OH is 1. The molecule has 2 aliphatic heterocycles. The largest absolute Gasteiger partial charge is 0.393 e. The zero-order valence-corrected chi connectivity index (χ0v) is 13.6. The van der Waals surface area contributed by atoms with E-state index >= 15 is 0 Å². The molecule has 2 fully saturated rings. The van der Waals surface area contributed by atoms with Gasteiger partial charge in [-0.3, -0.25) is 0 Å². The molecule has 0 spiro atoms. The van der Waals surface area contributed by atoms with Gasteiger partial charge in [0.2, 0.25) is 5.95 Å². The van der Waals surface area contributed by atoms with Crippen molar-refractivity contribution in [3.63, 3.8) is 0 Å².